The molecule has 0 N–H and O–H groups in total. The van der Waals surface area contributed by atoms with Gasteiger partial charge in [-0.1, -0.05) is 19.9 Å². The van der Waals surface area contributed by atoms with Crippen LogP contribution in [-0.4, -0.2) is 36.9 Å². The van der Waals surface area contributed by atoms with Crippen molar-refractivity contribution in [1.82, 2.24) is 4.90 Å². The van der Waals surface area contributed by atoms with E-state index in [2.05, 4.69) is 44.7 Å². The third-order valence-corrected chi connectivity index (χ3v) is 8.10. The van der Waals surface area contributed by atoms with Gasteiger partial charge in [0.25, 0.3) is 0 Å². The van der Waals surface area contributed by atoms with Crippen molar-refractivity contribution in [2.75, 3.05) is 20.2 Å². The number of aryl methyl sites for hydroxylation is 1. The van der Waals surface area contributed by atoms with Crippen LogP contribution in [0.2, 0.25) is 0 Å². The number of ether oxygens (including phenoxy) is 1. The van der Waals surface area contributed by atoms with Gasteiger partial charge < -0.3 is 9.64 Å². The molecule has 5 atom stereocenters. The molecule has 3 heteroatoms. The van der Waals surface area contributed by atoms with Crippen molar-refractivity contribution < 1.29 is 9.53 Å². The first-order chi connectivity index (χ1) is 12.9. The van der Waals surface area contributed by atoms with Crippen LogP contribution in [0.15, 0.2) is 18.2 Å². The molecule has 1 heterocycles. The maximum atomic E-state index is 13.0. The van der Waals surface area contributed by atoms with Gasteiger partial charge in [0.1, 0.15) is 11.5 Å². The molecule has 1 saturated heterocycles. The van der Waals surface area contributed by atoms with Gasteiger partial charge in [0, 0.05) is 30.3 Å². The van der Waals surface area contributed by atoms with Crippen LogP contribution in [0, 0.1) is 30.6 Å². The Labute approximate surface area is 164 Å². The van der Waals surface area contributed by atoms with Crippen molar-refractivity contribution in [3.05, 3.63) is 29.3 Å². The van der Waals surface area contributed by atoms with E-state index in [0.717, 1.165) is 24.6 Å². The fourth-order valence-electron chi connectivity index (χ4n) is 6.19. The predicted octanol–water partition coefficient (Wildman–Crippen LogP) is 4.61. The van der Waals surface area contributed by atoms with Gasteiger partial charge in [0.2, 0.25) is 0 Å². The van der Waals surface area contributed by atoms with Crippen LogP contribution in [0.25, 0.3) is 0 Å². The maximum absolute atomic E-state index is 13.0. The number of hydrogen-bond donors (Lipinski definition) is 0. The molecule has 1 aromatic rings. The largest absolute Gasteiger partial charge is 0.497 e. The lowest BCUT2D eigenvalue weighted by atomic mass is 9.51. The number of piperidine rings is 1. The van der Waals surface area contributed by atoms with Crippen LogP contribution in [-0.2, 0) is 10.2 Å². The summed E-state index contributed by atoms with van der Waals surface area (Å²) < 4.78 is 5.57. The van der Waals surface area contributed by atoms with E-state index in [1.54, 1.807) is 7.11 Å². The topological polar surface area (TPSA) is 29.5 Å². The molecule has 148 valence electrons. The monoisotopic (exact) mass is 369 g/mol. The minimum Gasteiger partial charge on any atom is -0.497 e. The van der Waals surface area contributed by atoms with Gasteiger partial charge >= 0.3 is 0 Å². The fraction of sp³-hybridized carbons (Fsp3) is 0.708. The standard InChI is InChI=1S/C24H35NO2/c1-15-6-9-20(27-5)12-21(15)24-10-11-25(14-19-7-8-19)18(4)23(24)17(3)16(2)22(26)13-24/h6,9,12,16-19,23H,7-8,10-11,13-14H2,1-5H3. The second-order valence-electron chi connectivity index (χ2n) is 9.58. The second-order valence-corrected chi connectivity index (χ2v) is 9.58. The van der Waals surface area contributed by atoms with E-state index in [-0.39, 0.29) is 11.3 Å². The number of likely N-dealkylation sites (tertiary alicyclic amines) is 1. The van der Waals surface area contributed by atoms with E-state index >= 15 is 0 Å². The van der Waals surface area contributed by atoms with E-state index in [1.165, 1.54) is 30.5 Å². The van der Waals surface area contributed by atoms with Gasteiger partial charge in [-0.05, 0) is 80.7 Å². The van der Waals surface area contributed by atoms with Crippen LogP contribution in [0.4, 0.5) is 0 Å². The zero-order chi connectivity index (χ0) is 19.3. The first-order valence-electron chi connectivity index (χ1n) is 10.8. The van der Waals surface area contributed by atoms with Crippen LogP contribution in [0.1, 0.15) is 57.6 Å². The molecule has 2 aliphatic carbocycles. The summed E-state index contributed by atoms with van der Waals surface area (Å²) in [7, 11) is 1.74. The summed E-state index contributed by atoms with van der Waals surface area (Å²) in [6.07, 6.45) is 4.58. The molecule has 0 spiro atoms. The van der Waals surface area contributed by atoms with Crippen molar-refractivity contribution in [1.29, 1.82) is 0 Å². The number of Topliss-reactive ketones (excluding diaryl/α,β-unsaturated/α-hetero) is 1. The second kappa shape index (κ2) is 6.92. The van der Waals surface area contributed by atoms with Crippen LogP contribution in [0.5, 0.6) is 5.75 Å². The summed E-state index contributed by atoms with van der Waals surface area (Å²) in [6.45, 7) is 11.5. The van der Waals surface area contributed by atoms with E-state index in [1.807, 2.05) is 6.07 Å². The van der Waals surface area contributed by atoms with Crippen LogP contribution in [0.3, 0.4) is 0 Å². The molecular weight excluding hydrogens is 334 g/mol. The smallest absolute Gasteiger partial charge is 0.136 e. The quantitative estimate of drug-likeness (QED) is 0.776. The summed E-state index contributed by atoms with van der Waals surface area (Å²) in [5.41, 5.74) is 2.62. The number of ketones is 1. The zero-order valence-corrected chi connectivity index (χ0v) is 17.6. The van der Waals surface area contributed by atoms with Crippen LogP contribution >= 0.6 is 0 Å². The molecule has 0 aromatic heterocycles. The Hall–Kier alpha value is -1.35. The number of carbonyl (C=O) groups is 1. The van der Waals surface area contributed by atoms with Crippen molar-refractivity contribution in [3.63, 3.8) is 0 Å². The first kappa shape index (κ1) is 19.0. The average Bonchev–Trinajstić information content (AvgIpc) is 3.46. The number of benzene rings is 1. The van der Waals surface area contributed by atoms with E-state index in [9.17, 15) is 4.79 Å². The predicted molar refractivity (Wildman–Crippen MR) is 109 cm³/mol. The minimum atomic E-state index is -0.0406. The molecule has 3 nitrogen and oxygen atoms in total. The lowest BCUT2D eigenvalue weighted by Crippen LogP contribution is -2.62. The normalized spacial score (nSPS) is 37.1. The van der Waals surface area contributed by atoms with E-state index in [0.29, 0.717) is 30.1 Å². The summed E-state index contributed by atoms with van der Waals surface area (Å²) in [5.74, 6) is 3.37. The van der Waals surface area contributed by atoms with Gasteiger partial charge in [0.15, 0.2) is 0 Å². The average molecular weight is 370 g/mol. The molecule has 2 saturated carbocycles. The molecule has 5 unspecified atom stereocenters. The highest BCUT2D eigenvalue weighted by Crippen LogP contribution is 2.55. The molecule has 4 rings (SSSR count). The lowest BCUT2D eigenvalue weighted by Gasteiger charge is -2.58. The fourth-order valence-corrected chi connectivity index (χ4v) is 6.19. The Balaban J connectivity index is 1.78. The highest BCUT2D eigenvalue weighted by Gasteiger charge is 2.56. The van der Waals surface area contributed by atoms with Gasteiger partial charge in [-0.15, -0.1) is 0 Å². The number of carbonyl (C=O) groups excluding carboxylic acids is 1. The maximum Gasteiger partial charge on any atom is 0.136 e. The highest BCUT2D eigenvalue weighted by atomic mass is 16.5. The highest BCUT2D eigenvalue weighted by molar-refractivity contribution is 5.84. The first-order valence-corrected chi connectivity index (χ1v) is 10.8. The molecule has 27 heavy (non-hydrogen) atoms. The molecule has 0 bridgehead atoms. The zero-order valence-electron chi connectivity index (χ0n) is 17.6. The summed E-state index contributed by atoms with van der Waals surface area (Å²) in [6, 6.07) is 6.97. The molecular formula is C24H35NO2. The molecule has 0 amide bonds. The summed E-state index contributed by atoms with van der Waals surface area (Å²) in [5, 5.41) is 0. The summed E-state index contributed by atoms with van der Waals surface area (Å²) >= 11 is 0. The minimum absolute atomic E-state index is 0.0406. The van der Waals surface area contributed by atoms with Crippen molar-refractivity contribution in [3.8, 4) is 5.75 Å². The number of hydrogen-bond acceptors (Lipinski definition) is 3. The van der Waals surface area contributed by atoms with E-state index < -0.39 is 0 Å². The Morgan fingerprint density at radius 1 is 1.22 bits per heavy atom. The molecule has 1 aromatic carbocycles. The van der Waals surface area contributed by atoms with Gasteiger partial charge in [-0.2, -0.15) is 0 Å². The molecule has 3 aliphatic rings. The van der Waals surface area contributed by atoms with Crippen molar-refractivity contribution in [2.24, 2.45) is 23.7 Å². The van der Waals surface area contributed by atoms with Crippen molar-refractivity contribution in [2.45, 2.75) is 64.8 Å². The molecule has 3 fully saturated rings. The molecule has 0 radical (unpaired) electrons. The van der Waals surface area contributed by atoms with Crippen molar-refractivity contribution >= 4 is 5.78 Å². The Bertz CT molecular complexity index is 725. The summed E-state index contributed by atoms with van der Waals surface area (Å²) in [4.78, 5) is 15.8. The third kappa shape index (κ3) is 3.12. The van der Waals surface area contributed by atoms with Gasteiger partial charge in [-0.3, -0.25) is 4.79 Å². The number of fused-ring (bicyclic) bond motifs is 1. The van der Waals surface area contributed by atoms with Gasteiger partial charge in [-0.25, -0.2) is 0 Å². The number of rotatable bonds is 4. The number of methoxy groups -OCH3 is 1. The Morgan fingerprint density at radius 2 is 1.96 bits per heavy atom. The lowest BCUT2D eigenvalue weighted by molar-refractivity contribution is -0.136. The Kier molecular flexibility index (Phi) is 4.86. The third-order valence-electron chi connectivity index (χ3n) is 8.10. The molecule has 1 aliphatic heterocycles. The number of nitrogens with zero attached hydrogens (tertiary/aromatic N) is 1. The Morgan fingerprint density at radius 3 is 2.63 bits per heavy atom. The van der Waals surface area contributed by atoms with Gasteiger partial charge in [0.05, 0.1) is 7.11 Å². The van der Waals surface area contributed by atoms with E-state index in [4.69, 9.17) is 4.74 Å². The SMILES string of the molecule is COc1ccc(C)c(C23CCN(CC4CC4)C(C)C2C(C)C(C)C(=O)C3)c1. The van der Waals surface area contributed by atoms with Crippen LogP contribution < -0.4 is 4.74 Å².